The van der Waals surface area contributed by atoms with Crippen molar-refractivity contribution in [2.24, 2.45) is 5.92 Å². The largest absolute Gasteiger partial charge is 0.493 e. The number of ether oxygens (including phenoxy) is 2. The van der Waals surface area contributed by atoms with Crippen molar-refractivity contribution >= 4 is 11.7 Å². The van der Waals surface area contributed by atoms with Crippen LogP contribution in [-0.2, 0) is 4.79 Å². The number of nitrogens with zero attached hydrogens (tertiary/aromatic N) is 1. The molecular formula is C17H23NO5. The molecule has 0 spiro atoms. The van der Waals surface area contributed by atoms with Crippen molar-refractivity contribution in [2.45, 2.75) is 26.4 Å². The molecule has 126 valence electrons. The monoisotopic (exact) mass is 321 g/mol. The molecule has 1 N–H and O–H groups in total. The van der Waals surface area contributed by atoms with Gasteiger partial charge in [0.05, 0.1) is 13.2 Å². The summed E-state index contributed by atoms with van der Waals surface area (Å²) in [6.45, 7) is 4.32. The maximum atomic E-state index is 12.2. The number of Topliss-reactive ketones (excluding diaryl/α,β-unsaturated/α-hetero) is 1. The predicted molar refractivity (Wildman–Crippen MR) is 84.9 cm³/mol. The van der Waals surface area contributed by atoms with Gasteiger partial charge in [-0.15, -0.1) is 0 Å². The van der Waals surface area contributed by atoms with Crippen LogP contribution in [0, 0.1) is 5.92 Å². The topological polar surface area (TPSA) is 76.1 Å². The zero-order valence-corrected chi connectivity index (χ0v) is 13.7. The normalized spacial score (nSPS) is 18.6. The van der Waals surface area contributed by atoms with E-state index in [0.29, 0.717) is 30.2 Å². The number of aliphatic hydroxyl groups excluding tert-OH is 1. The molecule has 1 fully saturated rings. The number of benzene rings is 1. The van der Waals surface area contributed by atoms with Crippen LogP contribution >= 0.6 is 0 Å². The molecule has 0 radical (unpaired) electrons. The lowest BCUT2D eigenvalue weighted by Crippen LogP contribution is -2.34. The van der Waals surface area contributed by atoms with Gasteiger partial charge in [0.25, 0.3) is 5.91 Å². The number of aliphatic hydroxyl groups is 1. The third-order valence-corrected chi connectivity index (χ3v) is 4.18. The van der Waals surface area contributed by atoms with Gasteiger partial charge in [-0.3, -0.25) is 9.59 Å². The second-order valence-electron chi connectivity index (χ2n) is 5.84. The fraction of sp³-hybridized carbons (Fsp3) is 0.529. The maximum absolute atomic E-state index is 12.2. The summed E-state index contributed by atoms with van der Waals surface area (Å²) < 4.78 is 10.7. The predicted octanol–water partition coefficient (Wildman–Crippen LogP) is 1.51. The van der Waals surface area contributed by atoms with E-state index in [1.54, 1.807) is 30.0 Å². The van der Waals surface area contributed by atoms with E-state index in [9.17, 15) is 14.7 Å². The highest BCUT2D eigenvalue weighted by Gasteiger charge is 2.29. The Bertz CT molecular complexity index is 584. The number of carbonyl (C=O) groups is 2. The van der Waals surface area contributed by atoms with Gasteiger partial charge in [0, 0.05) is 24.6 Å². The third kappa shape index (κ3) is 4.22. The van der Waals surface area contributed by atoms with Crippen LogP contribution in [0.1, 0.15) is 30.6 Å². The standard InChI is InChI=1S/C17H23NO5/c1-11(19)13-4-5-15(16(8-13)22-3)23-10-17(21)18-7-6-14(9-18)12(2)20/h4-5,8,12,14,20H,6-7,9-10H2,1-3H3/t12-,14-/m1/s1. The van der Waals surface area contributed by atoms with Gasteiger partial charge >= 0.3 is 0 Å². The molecule has 23 heavy (non-hydrogen) atoms. The van der Waals surface area contributed by atoms with Crippen molar-refractivity contribution in [3.05, 3.63) is 23.8 Å². The average Bonchev–Trinajstić information content (AvgIpc) is 3.02. The summed E-state index contributed by atoms with van der Waals surface area (Å²) in [5.74, 6) is 0.798. The van der Waals surface area contributed by atoms with Crippen molar-refractivity contribution in [2.75, 3.05) is 26.8 Å². The van der Waals surface area contributed by atoms with Crippen LogP contribution in [0.4, 0.5) is 0 Å². The summed E-state index contributed by atoms with van der Waals surface area (Å²) in [5.41, 5.74) is 0.528. The van der Waals surface area contributed by atoms with E-state index in [4.69, 9.17) is 9.47 Å². The molecule has 2 rings (SSSR count). The Morgan fingerprint density at radius 1 is 1.39 bits per heavy atom. The summed E-state index contributed by atoms with van der Waals surface area (Å²) in [5, 5.41) is 9.59. The fourth-order valence-corrected chi connectivity index (χ4v) is 2.64. The fourth-order valence-electron chi connectivity index (χ4n) is 2.64. The number of carbonyl (C=O) groups excluding carboxylic acids is 2. The van der Waals surface area contributed by atoms with Crippen molar-refractivity contribution in [3.8, 4) is 11.5 Å². The first kappa shape index (κ1) is 17.3. The Balaban J connectivity index is 1.95. The van der Waals surface area contributed by atoms with Crippen LogP contribution in [0.3, 0.4) is 0 Å². The van der Waals surface area contributed by atoms with Crippen molar-refractivity contribution < 1.29 is 24.2 Å². The lowest BCUT2D eigenvalue weighted by atomic mass is 10.0. The molecule has 0 bridgehead atoms. The summed E-state index contributed by atoms with van der Waals surface area (Å²) in [4.78, 5) is 25.3. The molecule has 0 aliphatic carbocycles. The van der Waals surface area contributed by atoms with Crippen LogP contribution in [0.25, 0.3) is 0 Å². The van der Waals surface area contributed by atoms with Gasteiger partial charge in [0.1, 0.15) is 0 Å². The van der Waals surface area contributed by atoms with Crippen molar-refractivity contribution in [1.82, 2.24) is 4.90 Å². The molecule has 6 heteroatoms. The highest BCUT2D eigenvalue weighted by molar-refractivity contribution is 5.94. The molecule has 0 unspecified atom stereocenters. The Morgan fingerprint density at radius 3 is 2.70 bits per heavy atom. The molecule has 1 aliphatic rings. The van der Waals surface area contributed by atoms with E-state index in [2.05, 4.69) is 0 Å². The highest BCUT2D eigenvalue weighted by atomic mass is 16.5. The molecule has 1 amide bonds. The van der Waals surface area contributed by atoms with Gasteiger partial charge in [-0.2, -0.15) is 0 Å². The Labute approximate surface area is 136 Å². The first-order valence-corrected chi connectivity index (χ1v) is 7.70. The van der Waals surface area contributed by atoms with Gasteiger partial charge in [-0.1, -0.05) is 0 Å². The van der Waals surface area contributed by atoms with E-state index >= 15 is 0 Å². The van der Waals surface area contributed by atoms with Crippen molar-refractivity contribution in [3.63, 3.8) is 0 Å². The van der Waals surface area contributed by atoms with Crippen LogP contribution < -0.4 is 9.47 Å². The van der Waals surface area contributed by atoms with Crippen LogP contribution in [0.5, 0.6) is 11.5 Å². The highest BCUT2D eigenvalue weighted by Crippen LogP contribution is 2.28. The minimum absolute atomic E-state index is 0.0628. The van der Waals surface area contributed by atoms with Gasteiger partial charge in [-0.25, -0.2) is 0 Å². The molecule has 1 heterocycles. The zero-order valence-electron chi connectivity index (χ0n) is 13.7. The molecular weight excluding hydrogens is 298 g/mol. The summed E-state index contributed by atoms with van der Waals surface area (Å²) in [6, 6.07) is 4.87. The number of ketones is 1. The molecule has 1 aromatic carbocycles. The first-order valence-electron chi connectivity index (χ1n) is 7.70. The molecule has 2 atom stereocenters. The number of rotatable bonds is 6. The summed E-state index contributed by atoms with van der Waals surface area (Å²) in [6.07, 6.45) is 0.396. The van der Waals surface area contributed by atoms with Crippen molar-refractivity contribution in [1.29, 1.82) is 0 Å². The lowest BCUT2D eigenvalue weighted by Gasteiger charge is -2.18. The second-order valence-corrected chi connectivity index (χ2v) is 5.84. The SMILES string of the molecule is COc1cc(C(C)=O)ccc1OCC(=O)N1CC[C@@H]([C@@H](C)O)C1. The molecule has 6 nitrogen and oxygen atoms in total. The Morgan fingerprint density at radius 2 is 2.13 bits per heavy atom. The number of amides is 1. The maximum Gasteiger partial charge on any atom is 0.260 e. The number of methoxy groups -OCH3 is 1. The molecule has 1 aliphatic heterocycles. The lowest BCUT2D eigenvalue weighted by molar-refractivity contribution is -0.132. The Hall–Kier alpha value is -2.08. The second kappa shape index (κ2) is 7.46. The van der Waals surface area contributed by atoms with Gasteiger partial charge in [0.15, 0.2) is 23.9 Å². The number of likely N-dealkylation sites (tertiary alicyclic amines) is 1. The summed E-state index contributed by atoms with van der Waals surface area (Å²) in [7, 11) is 1.49. The van der Waals surface area contributed by atoms with Gasteiger partial charge in [0.2, 0.25) is 0 Å². The van der Waals surface area contributed by atoms with Crippen LogP contribution in [0.15, 0.2) is 18.2 Å². The molecule has 0 aromatic heterocycles. The minimum atomic E-state index is -0.409. The Kier molecular flexibility index (Phi) is 5.60. The van der Waals surface area contributed by atoms with Crippen LogP contribution in [-0.4, -0.2) is 54.6 Å². The quantitative estimate of drug-likeness (QED) is 0.804. The smallest absolute Gasteiger partial charge is 0.260 e. The van der Waals surface area contributed by atoms with E-state index in [1.807, 2.05) is 0 Å². The molecule has 1 aromatic rings. The van der Waals surface area contributed by atoms with Gasteiger partial charge < -0.3 is 19.5 Å². The van der Waals surface area contributed by atoms with E-state index in [-0.39, 0.29) is 24.2 Å². The van der Waals surface area contributed by atoms with E-state index in [0.717, 1.165) is 6.42 Å². The summed E-state index contributed by atoms with van der Waals surface area (Å²) >= 11 is 0. The number of hydrogen-bond acceptors (Lipinski definition) is 5. The van der Waals surface area contributed by atoms with E-state index in [1.165, 1.54) is 14.0 Å². The third-order valence-electron chi connectivity index (χ3n) is 4.18. The first-order chi connectivity index (χ1) is 10.9. The molecule has 1 saturated heterocycles. The number of hydrogen-bond donors (Lipinski definition) is 1. The van der Waals surface area contributed by atoms with Gasteiger partial charge in [-0.05, 0) is 38.5 Å². The average molecular weight is 321 g/mol. The molecule has 0 saturated carbocycles. The van der Waals surface area contributed by atoms with Crippen LogP contribution in [0.2, 0.25) is 0 Å². The minimum Gasteiger partial charge on any atom is -0.493 e. The van der Waals surface area contributed by atoms with E-state index < -0.39 is 6.10 Å². The zero-order chi connectivity index (χ0) is 17.0.